The van der Waals surface area contributed by atoms with Gasteiger partial charge in [-0.05, 0) is 32.2 Å². The number of nitrogens with one attached hydrogen (secondary N) is 1. The van der Waals surface area contributed by atoms with E-state index in [0.29, 0.717) is 23.7 Å². The van der Waals surface area contributed by atoms with Crippen LogP contribution in [-0.2, 0) is 13.6 Å². The summed E-state index contributed by atoms with van der Waals surface area (Å²) in [6.45, 7) is 2.67. The maximum absolute atomic E-state index is 13.5. The number of nitrogens with zero attached hydrogens (tertiary/aromatic N) is 2. The summed E-state index contributed by atoms with van der Waals surface area (Å²) in [6, 6.07) is 4.45. The van der Waals surface area contributed by atoms with Crippen LogP contribution >= 0.6 is 0 Å². The third-order valence-electron chi connectivity index (χ3n) is 3.23. The second-order valence-electron chi connectivity index (χ2n) is 4.40. The van der Waals surface area contributed by atoms with E-state index in [1.807, 2.05) is 25.6 Å². The molecule has 1 aromatic carbocycles. The summed E-state index contributed by atoms with van der Waals surface area (Å²) in [7, 11) is 5.36. The number of halogens is 1. The van der Waals surface area contributed by atoms with Crippen LogP contribution < -0.4 is 10.1 Å². The molecule has 102 valence electrons. The highest BCUT2D eigenvalue weighted by molar-refractivity contribution is 5.65. The predicted molar refractivity (Wildman–Crippen MR) is 72.7 cm³/mol. The molecular formula is C14H18FN3O. The molecule has 2 rings (SSSR count). The molecule has 1 heterocycles. The summed E-state index contributed by atoms with van der Waals surface area (Å²) < 4.78 is 20.7. The molecule has 0 radical (unpaired) electrons. The Morgan fingerprint density at radius 3 is 2.79 bits per heavy atom. The Morgan fingerprint density at radius 1 is 1.42 bits per heavy atom. The van der Waals surface area contributed by atoms with Gasteiger partial charge in [0.05, 0.1) is 18.4 Å². The van der Waals surface area contributed by atoms with Gasteiger partial charge in [0, 0.05) is 19.3 Å². The third kappa shape index (κ3) is 2.46. The van der Waals surface area contributed by atoms with Crippen molar-refractivity contribution in [1.82, 2.24) is 14.9 Å². The van der Waals surface area contributed by atoms with Crippen LogP contribution in [0.5, 0.6) is 5.75 Å². The number of imidazole rings is 1. The van der Waals surface area contributed by atoms with Gasteiger partial charge in [-0.15, -0.1) is 0 Å². The summed E-state index contributed by atoms with van der Waals surface area (Å²) >= 11 is 0. The van der Waals surface area contributed by atoms with Crippen LogP contribution in [0.2, 0.25) is 0 Å². The number of hydrogen-bond donors (Lipinski definition) is 1. The number of hydrogen-bond acceptors (Lipinski definition) is 3. The fourth-order valence-electron chi connectivity index (χ4n) is 2.07. The normalized spacial score (nSPS) is 10.8. The third-order valence-corrected chi connectivity index (χ3v) is 3.23. The van der Waals surface area contributed by atoms with E-state index in [1.54, 1.807) is 13.2 Å². The Labute approximate surface area is 112 Å². The zero-order chi connectivity index (χ0) is 14.0. The lowest BCUT2D eigenvalue weighted by Gasteiger charge is -2.08. The minimum absolute atomic E-state index is 0.299. The van der Waals surface area contributed by atoms with Crippen molar-refractivity contribution >= 4 is 0 Å². The molecule has 0 unspecified atom stereocenters. The maximum Gasteiger partial charge on any atom is 0.144 e. The summed E-state index contributed by atoms with van der Waals surface area (Å²) in [5.74, 6) is 1.02. The second kappa shape index (κ2) is 5.40. The van der Waals surface area contributed by atoms with Crippen LogP contribution in [0.4, 0.5) is 4.39 Å². The van der Waals surface area contributed by atoms with Crippen molar-refractivity contribution in [3.8, 4) is 17.1 Å². The highest BCUT2D eigenvalue weighted by Gasteiger charge is 2.16. The zero-order valence-electron chi connectivity index (χ0n) is 11.6. The molecule has 19 heavy (non-hydrogen) atoms. The summed E-state index contributed by atoms with van der Waals surface area (Å²) in [6.07, 6.45) is 0. The molecule has 0 aliphatic heterocycles. The molecule has 1 aromatic heterocycles. The van der Waals surface area contributed by atoms with E-state index in [1.165, 1.54) is 12.1 Å². The fourth-order valence-corrected chi connectivity index (χ4v) is 2.07. The van der Waals surface area contributed by atoms with Crippen molar-refractivity contribution in [2.75, 3.05) is 14.2 Å². The van der Waals surface area contributed by atoms with Crippen molar-refractivity contribution in [2.24, 2.45) is 7.05 Å². The van der Waals surface area contributed by atoms with E-state index in [9.17, 15) is 4.39 Å². The standard InChI is InChI=1S/C14H18FN3O/c1-9-12(8-16-2)17-14(18(9)3)11-7-10(15)5-6-13(11)19-4/h5-7,16H,8H2,1-4H3. The Hall–Kier alpha value is -1.88. The predicted octanol–water partition coefficient (Wildman–Crippen LogP) is 2.26. The molecule has 0 fully saturated rings. The van der Waals surface area contributed by atoms with Crippen LogP contribution in [-0.4, -0.2) is 23.7 Å². The number of methoxy groups -OCH3 is 1. The molecule has 0 aliphatic carbocycles. The molecule has 2 aromatic rings. The topological polar surface area (TPSA) is 39.1 Å². The Balaban J connectivity index is 2.58. The van der Waals surface area contributed by atoms with E-state index in [4.69, 9.17) is 4.74 Å². The first kappa shape index (κ1) is 13.5. The van der Waals surface area contributed by atoms with E-state index >= 15 is 0 Å². The average molecular weight is 263 g/mol. The minimum atomic E-state index is -0.299. The molecule has 1 N–H and O–H groups in total. The highest BCUT2D eigenvalue weighted by Crippen LogP contribution is 2.30. The second-order valence-corrected chi connectivity index (χ2v) is 4.40. The van der Waals surface area contributed by atoms with Gasteiger partial charge in [0.1, 0.15) is 17.4 Å². The van der Waals surface area contributed by atoms with Gasteiger partial charge in [0.2, 0.25) is 0 Å². The Morgan fingerprint density at radius 2 is 2.16 bits per heavy atom. The quantitative estimate of drug-likeness (QED) is 0.919. The van der Waals surface area contributed by atoms with Crippen molar-refractivity contribution < 1.29 is 9.13 Å². The van der Waals surface area contributed by atoms with E-state index < -0.39 is 0 Å². The molecule has 0 bridgehead atoms. The Kier molecular flexibility index (Phi) is 3.85. The molecule has 0 saturated heterocycles. The number of rotatable bonds is 4. The van der Waals surface area contributed by atoms with Crippen molar-refractivity contribution in [2.45, 2.75) is 13.5 Å². The lowest BCUT2D eigenvalue weighted by atomic mass is 10.2. The minimum Gasteiger partial charge on any atom is -0.496 e. The molecule has 0 amide bonds. The molecule has 0 saturated carbocycles. The van der Waals surface area contributed by atoms with Gasteiger partial charge in [-0.3, -0.25) is 0 Å². The molecular weight excluding hydrogens is 245 g/mol. The van der Waals surface area contributed by atoms with Gasteiger partial charge in [0.25, 0.3) is 0 Å². The Bertz CT molecular complexity index is 593. The maximum atomic E-state index is 13.5. The van der Waals surface area contributed by atoms with Gasteiger partial charge in [-0.2, -0.15) is 0 Å². The lowest BCUT2D eigenvalue weighted by Crippen LogP contribution is -2.07. The smallest absolute Gasteiger partial charge is 0.144 e. The van der Waals surface area contributed by atoms with Gasteiger partial charge in [0.15, 0.2) is 0 Å². The molecule has 0 aliphatic rings. The number of ether oxygens (including phenoxy) is 1. The SMILES string of the molecule is CNCc1nc(-c2cc(F)ccc2OC)n(C)c1C. The van der Waals surface area contributed by atoms with E-state index in [0.717, 1.165) is 11.4 Å². The van der Waals surface area contributed by atoms with Gasteiger partial charge in [-0.25, -0.2) is 9.37 Å². The molecule has 5 heteroatoms. The first-order valence-corrected chi connectivity index (χ1v) is 6.09. The van der Waals surface area contributed by atoms with Crippen molar-refractivity contribution in [3.05, 3.63) is 35.4 Å². The molecule has 4 nitrogen and oxygen atoms in total. The largest absolute Gasteiger partial charge is 0.496 e. The van der Waals surface area contributed by atoms with E-state index in [-0.39, 0.29) is 5.82 Å². The van der Waals surface area contributed by atoms with Crippen LogP contribution in [0.15, 0.2) is 18.2 Å². The summed E-state index contributed by atoms with van der Waals surface area (Å²) in [5, 5.41) is 3.08. The van der Waals surface area contributed by atoms with E-state index in [2.05, 4.69) is 10.3 Å². The molecule has 0 spiro atoms. The monoisotopic (exact) mass is 263 g/mol. The van der Waals surface area contributed by atoms with Crippen LogP contribution in [0.3, 0.4) is 0 Å². The van der Waals surface area contributed by atoms with Crippen LogP contribution in [0, 0.1) is 12.7 Å². The lowest BCUT2D eigenvalue weighted by molar-refractivity contribution is 0.415. The van der Waals surface area contributed by atoms with Gasteiger partial charge in [-0.1, -0.05) is 0 Å². The zero-order valence-corrected chi connectivity index (χ0v) is 11.6. The average Bonchev–Trinajstić information content (AvgIpc) is 2.67. The highest BCUT2D eigenvalue weighted by atomic mass is 19.1. The van der Waals surface area contributed by atoms with Crippen molar-refractivity contribution in [1.29, 1.82) is 0 Å². The molecule has 0 atom stereocenters. The number of aromatic nitrogens is 2. The fraction of sp³-hybridized carbons (Fsp3) is 0.357. The van der Waals surface area contributed by atoms with Gasteiger partial charge >= 0.3 is 0 Å². The number of benzene rings is 1. The summed E-state index contributed by atoms with van der Waals surface area (Å²) in [5.41, 5.74) is 2.66. The van der Waals surface area contributed by atoms with Gasteiger partial charge < -0.3 is 14.6 Å². The van der Waals surface area contributed by atoms with Crippen LogP contribution in [0.1, 0.15) is 11.4 Å². The van der Waals surface area contributed by atoms with Crippen molar-refractivity contribution in [3.63, 3.8) is 0 Å². The first-order valence-electron chi connectivity index (χ1n) is 6.09. The van der Waals surface area contributed by atoms with Crippen LogP contribution in [0.25, 0.3) is 11.4 Å². The summed E-state index contributed by atoms with van der Waals surface area (Å²) in [4.78, 5) is 4.57. The first-order chi connectivity index (χ1) is 9.08.